The molecule has 132 valence electrons. The Kier molecular flexibility index (Phi) is 4.21. The van der Waals surface area contributed by atoms with Crippen LogP contribution in [0.15, 0.2) is 64.2 Å². The van der Waals surface area contributed by atoms with Crippen molar-refractivity contribution >= 4 is 38.2 Å². The van der Waals surface area contributed by atoms with Crippen molar-refractivity contribution < 1.29 is 13.2 Å². The van der Waals surface area contributed by atoms with E-state index in [2.05, 4.69) is 14.5 Å². The fourth-order valence-electron chi connectivity index (χ4n) is 2.56. The van der Waals surface area contributed by atoms with Crippen LogP contribution in [0.4, 0.5) is 0 Å². The minimum Gasteiger partial charge on any atom is -0.456 e. The van der Waals surface area contributed by atoms with E-state index in [-0.39, 0.29) is 23.3 Å². The Morgan fingerprint density at radius 1 is 1.08 bits per heavy atom. The highest BCUT2D eigenvalue weighted by molar-refractivity contribution is 7.90. The number of halogens is 1. The molecule has 0 saturated carbocycles. The lowest BCUT2D eigenvalue weighted by Crippen LogP contribution is -2.39. The van der Waals surface area contributed by atoms with E-state index in [4.69, 9.17) is 16.3 Å². The molecule has 3 heterocycles. The maximum absolute atomic E-state index is 11.9. The first kappa shape index (κ1) is 16.7. The number of ether oxygens (including phenoxy) is 1. The Morgan fingerprint density at radius 2 is 1.88 bits per heavy atom. The first-order chi connectivity index (χ1) is 12.5. The maximum Gasteiger partial charge on any atom is 0.256 e. The van der Waals surface area contributed by atoms with Crippen molar-refractivity contribution in [1.29, 1.82) is 0 Å². The number of rotatable bonds is 3. The van der Waals surface area contributed by atoms with E-state index >= 15 is 0 Å². The highest BCUT2D eigenvalue weighted by Crippen LogP contribution is 2.27. The molecule has 0 atom stereocenters. The monoisotopic (exact) mass is 388 g/mol. The normalized spacial score (nSPS) is 18.3. The first-order valence-corrected chi connectivity index (χ1v) is 9.75. The molecular weight excluding hydrogens is 376 g/mol. The summed E-state index contributed by atoms with van der Waals surface area (Å²) in [5.41, 5.74) is 1.03. The van der Waals surface area contributed by atoms with Crippen LogP contribution in [-0.2, 0) is 10.0 Å². The molecule has 2 aromatic rings. The Morgan fingerprint density at radius 3 is 2.62 bits per heavy atom. The summed E-state index contributed by atoms with van der Waals surface area (Å²) in [6, 6.07) is 12.8. The third-order valence-corrected chi connectivity index (χ3v) is 5.08. The van der Waals surface area contributed by atoms with Gasteiger partial charge < -0.3 is 4.74 Å². The summed E-state index contributed by atoms with van der Waals surface area (Å²) in [5.74, 6) is 1.38. The second-order valence-electron chi connectivity index (χ2n) is 5.60. The number of fused-ring (bicyclic) bond motifs is 1. The predicted octanol–water partition coefficient (Wildman–Crippen LogP) is 2.87. The van der Waals surface area contributed by atoms with Crippen molar-refractivity contribution in [2.75, 3.05) is 12.3 Å². The first-order valence-electron chi connectivity index (χ1n) is 7.76. The molecule has 7 nitrogen and oxygen atoms in total. The number of para-hydroxylation sites is 1. The van der Waals surface area contributed by atoms with Crippen LogP contribution in [-0.4, -0.2) is 41.7 Å². The van der Waals surface area contributed by atoms with Gasteiger partial charge in [-0.1, -0.05) is 29.8 Å². The summed E-state index contributed by atoms with van der Waals surface area (Å²) in [7, 11) is -3.52. The van der Waals surface area contributed by atoms with Crippen molar-refractivity contribution in [3.8, 4) is 11.5 Å². The highest BCUT2D eigenvalue weighted by Gasteiger charge is 2.30. The lowest BCUT2D eigenvalue weighted by molar-refractivity contribution is 0.463. The van der Waals surface area contributed by atoms with E-state index in [1.165, 1.54) is 5.01 Å². The number of allylic oxidation sites excluding steroid dienone is 1. The summed E-state index contributed by atoms with van der Waals surface area (Å²) in [5, 5.41) is 5.83. The van der Waals surface area contributed by atoms with Gasteiger partial charge in [0, 0.05) is 5.57 Å². The van der Waals surface area contributed by atoms with Crippen molar-refractivity contribution in [3.63, 3.8) is 0 Å². The molecule has 2 aliphatic heterocycles. The lowest BCUT2D eigenvalue weighted by Gasteiger charge is -2.28. The van der Waals surface area contributed by atoms with E-state index in [1.54, 1.807) is 24.4 Å². The molecular formula is C17H13ClN4O3S. The molecule has 0 amide bonds. The minimum absolute atomic E-state index is 0.102. The van der Waals surface area contributed by atoms with Crippen LogP contribution in [0, 0.1) is 0 Å². The van der Waals surface area contributed by atoms with Gasteiger partial charge >= 0.3 is 0 Å². The van der Waals surface area contributed by atoms with Gasteiger partial charge in [0.2, 0.25) is 0 Å². The zero-order valence-electron chi connectivity index (χ0n) is 13.4. The number of hydrogen-bond acceptors (Lipinski definition) is 6. The second-order valence-corrected chi connectivity index (χ2v) is 7.74. The summed E-state index contributed by atoms with van der Waals surface area (Å²) < 4.78 is 33.3. The average Bonchev–Trinajstić information content (AvgIpc) is 2.63. The molecule has 0 aliphatic carbocycles. The van der Waals surface area contributed by atoms with E-state index in [9.17, 15) is 8.42 Å². The summed E-state index contributed by atoms with van der Waals surface area (Å²) in [6.07, 6.45) is 3.11. The number of sulfonamides is 1. The largest absolute Gasteiger partial charge is 0.456 e. The van der Waals surface area contributed by atoms with Crippen molar-refractivity contribution in [2.45, 2.75) is 0 Å². The van der Waals surface area contributed by atoms with Gasteiger partial charge in [-0.05, 0) is 30.3 Å². The molecule has 0 radical (unpaired) electrons. The molecule has 1 aromatic heterocycles. The van der Waals surface area contributed by atoms with Crippen molar-refractivity contribution in [3.05, 3.63) is 60.4 Å². The topological polar surface area (TPSA) is 84.2 Å². The van der Waals surface area contributed by atoms with E-state index in [1.807, 2.05) is 30.3 Å². The number of nitrogens with zero attached hydrogens (tertiary/aromatic N) is 4. The fraction of sp³-hybridized carbons (Fsp3) is 0.118. The number of hydrogen-bond donors (Lipinski definition) is 0. The molecule has 0 bridgehead atoms. The van der Waals surface area contributed by atoms with E-state index in [0.29, 0.717) is 22.8 Å². The highest BCUT2D eigenvalue weighted by atomic mass is 35.5. The van der Waals surface area contributed by atoms with E-state index < -0.39 is 10.0 Å². The second kappa shape index (κ2) is 6.54. The zero-order chi connectivity index (χ0) is 18.1. The maximum atomic E-state index is 11.9. The van der Waals surface area contributed by atoms with Crippen LogP contribution in [0.25, 0.3) is 5.57 Å². The molecule has 9 heteroatoms. The van der Waals surface area contributed by atoms with Gasteiger partial charge in [0.1, 0.15) is 16.7 Å². The Balaban J connectivity index is 1.66. The van der Waals surface area contributed by atoms with Gasteiger partial charge in [-0.25, -0.2) is 13.4 Å². The van der Waals surface area contributed by atoms with Gasteiger partial charge in [0.25, 0.3) is 10.0 Å². The molecule has 2 aliphatic rings. The third kappa shape index (κ3) is 3.47. The Labute approximate surface area is 155 Å². The number of pyridine rings is 1. The number of hydrazone groups is 1. The van der Waals surface area contributed by atoms with Crippen molar-refractivity contribution in [2.24, 2.45) is 9.50 Å². The molecule has 1 aromatic carbocycles. The molecule has 0 spiro atoms. The van der Waals surface area contributed by atoms with Gasteiger partial charge in [0.15, 0.2) is 5.84 Å². The SMILES string of the molecule is O=S1(=O)CCN2N=C(Cl)C=C(c3ccc(Oc4ccccc4)cn3)C2=N1. The number of aromatic nitrogens is 1. The predicted molar refractivity (Wildman–Crippen MR) is 99.9 cm³/mol. The van der Waals surface area contributed by atoms with Crippen LogP contribution >= 0.6 is 11.6 Å². The summed E-state index contributed by atoms with van der Waals surface area (Å²) in [4.78, 5) is 4.36. The van der Waals surface area contributed by atoms with Crippen LogP contribution in [0.5, 0.6) is 11.5 Å². The van der Waals surface area contributed by atoms with Gasteiger partial charge in [0.05, 0.1) is 24.2 Å². The molecule has 0 unspecified atom stereocenters. The smallest absolute Gasteiger partial charge is 0.256 e. The van der Waals surface area contributed by atoms with Gasteiger partial charge in [-0.3, -0.25) is 4.98 Å². The summed E-state index contributed by atoms with van der Waals surface area (Å²) >= 11 is 6.07. The lowest BCUT2D eigenvalue weighted by atomic mass is 10.1. The van der Waals surface area contributed by atoms with Gasteiger partial charge in [-0.2, -0.15) is 5.10 Å². The number of amidine groups is 1. The fourth-order valence-corrected chi connectivity index (χ4v) is 3.71. The zero-order valence-corrected chi connectivity index (χ0v) is 15.0. The molecule has 0 N–H and O–H groups in total. The Bertz CT molecular complexity index is 1030. The van der Waals surface area contributed by atoms with Crippen LogP contribution < -0.4 is 4.74 Å². The van der Waals surface area contributed by atoms with Crippen LogP contribution in [0.2, 0.25) is 0 Å². The average molecular weight is 389 g/mol. The minimum atomic E-state index is -3.52. The third-order valence-electron chi connectivity index (χ3n) is 3.74. The summed E-state index contributed by atoms with van der Waals surface area (Å²) in [6.45, 7) is 0.198. The molecule has 4 rings (SSSR count). The van der Waals surface area contributed by atoms with Crippen molar-refractivity contribution in [1.82, 2.24) is 9.99 Å². The molecule has 26 heavy (non-hydrogen) atoms. The standard InChI is InChI=1S/C17H13ClN4O3S/c18-16-10-14(17-21-26(23,24)9-8-22(17)20-16)15-7-6-13(11-19-15)25-12-4-2-1-3-5-12/h1-7,10-11H,8-9H2. The van der Waals surface area contributed by atoms with Gasteiger partial charge in [-0.15, -0.1) is 4.40 Å². The van der Waals surface area contributed by atoms with Crippen LogP contribution in [0.3, 0.4) is 0 Å². The Hall–Kier alpha value is -2.71. The quantitative estimate of drug-likeness (QED) is 0.807. The van der Waals surface area contributed by atoms with E-state index in [0.717, 1.165) is 0 Å². The van der Waals surface area contributed by atoms with Crippen LogP contribution in [0.1, 0.15) is 5.69 Å². The molecule has 0 fully saturated rings. The molecule has 0 saturated heterocycles. The number of benzene rings is 1.